The van der Waals surface area contributed by atoms with Crippen LogP contribution in [0.3, 0.4) is 0 Å². The Bertz CT molecular complexity index is 1270. The van der Waals surface area contributed by atoms with Gasteiger partial charge in [0.15, 0.2) is 11.5 Å². The molecule has 1 aromatic heterocycles. The van der Waals surface area contributed by atoms with Gasteiger partial charge in [0.25, 0.3) is 5.91 Å². The highest BCUT2D eigenvalue weighted by atomic mass is 16.7. The van der Waals surface area contributed by atoms with Crippen LogP contribution in [0.15, 0.2) is 66.9 Å². The molecular formula is C28H28N4O4. The third-order valence-corrected chi connectivity index (χ3v) is 7.15. The Morgan fingerprint density at radius 3 is 2.58 bits per heavy atom. The van der Waals surface area contributed by atoms with Gasteiger partial charge in [0.1, 0.15) is 5.82 Å². The number of rotatable bonds is 6. The maximum atomic E-state index is 13.1. The van der Waals surface area contributed by atoms with Gasteiger partial charge in [-0.25, -0.2) is 4.98 Å². The molecule has 2 atom stereocenters. The van der Waals surface area contributed by atoms with E-state index in [1.54, 1.807) is 18.3 Å². The van der Waals surface area contributed by atoms with Crippen LogP contribution in [0.2, 0.25) is 0 Å². The van der Waals surface area contributed by atoms with Crippen LogP contribution in [-0.2, 0) is 11.3 Å². The van der Waals surface area contributed by atoms with Crippen LogP contribution in [0.1, 0.15) is 33.8 Å². The Hall–Kier alpha value is -4.07. The molecule has 3 heterocycles. The zero-order valence-electron chi connectivity index (χ0n) is 19.9. The molecule has 0 spiro atoms. The SMILES string of the molecule is O=C(NCc1ccc2c(c1)OCO2)c1cccnc1N1CCN(C(=O)[C@@H]2C[C@H]2c2ccccc2)CC1. The number of pyridine rings is 1. The molecule has 2 fully saturated rings. The van der Waals surface area contributed by atoms with Crippen LogP contribution >= 0.6 is 0 Å². The summed E-state index contributed by atoms with van der Waals surface area (Å²) in [7, 11) is 0. The van der Waals surface area contributed by atoms with Crippen molar-refractivity contribution in [3.05, 3.63) is 83.6 Å². The number of nitrogens with zero attached hydrogens (tertiary/aromatic N) is 3. The number of anilines is 1. The van der Waals surface area contributed by atoms with E-state index in [9.17, 15) is 9.59 Å². The summed E-state index contributed by atoms with van der Waals surface area (Å²) >= 11 is 0. The molecule has 6 rings (SSSR count). The van der Waals surface area contributed by atoms with Crippen LogP contribution < -0.4 is 19.7 Å². The lowest BCUT2D eigenvalue weighted by atomic mass is 10.1. The molecule has 1 saturated heterocycles. The van der Waals surface area contributed by atoms with Gasteiger partial charge in [-0.15, -0.1) is 0 Å². The maximum Gasteiger partial charge on any atom is 0.255 e. The Balaban J connectivity index is 1.06. The number of nitrogens with one attached hydrogen (secondary N) is 1. The van der Waals surface area contributed by atoms with Gasteiger partial charge >= 0.3 is 0 Å². The summed E-state index contributed by atoms with van der Waals surface area (Å²) in [6, 6.07) is 19.5. The molecule has 3 aromatic rings. The van der Waals surface area contributed by atoms with Gasteiger partial charge in [0.2, 0.25) is 12.7 Å². The first-order chi connectivity index (χ1) is 17.7. The summed E-state index contributed by atoms with van der Waals surface area (Å²) in [6.45, 7) is 3.15. The second-order valence-corrected chi connectivity index (χ2v) is 9.42. The van der Waals surface area contributed by atoms with Crippen molar-refractivity contribution in [3.8, 4) is 11.5 Å². The Morgan fingerprint density at radius 1 is 0.944 bits per heavy atom. The predicted molar refractivity (Wildman–Crippen MR) is 134 cm³/mol. The topological polar surface area (TPSA) is 84.0 Å². The monoisotopic (exact) mass is 484 g/mol. The van der Waals surface area contributed by atoms with Crippen LogP contribution in [0, 0.1) is 5.92 Å². The number of aromatic nitrogens is 1. The van der Waals surface area contributed by atoms with Crippen molar-refractivity contribution in [3.63, 3.8) is 0 Å². The number of carbonyl (C=O) groups excluding carboxylic acids is 2. The van der Waals surface area contributed by atoms with Gasteiger partial charge in [-0.3, -0.25) is 9.59 Å². The second-order valence-electron chi connectivity index (χ2n) is 9.42. The normalized spacial score (nSPS) is 20.2. The van der Waals surface area contributed by atoms with E-state index in [1.165, 1.54) is 5.56 Å². The lowest BCUT2D eigenvalue weighted by Gasteiger charge is -2.36. The van der Waals surface area contributed by atoms with Crippen molar-refractivity contribution >= 4 is 17.6 Å². The number of carbonyl (C=O) groups is 2. The van der Waals surface area contributed by atoms with Crippen molar-refractivity contribution in [2.75, 3.05) is 37.9 Å². The van der Waals surface area contributed by atoms with Gasteiger partial charge in [0, 0.05) is 44.8 Å². The molecule has 0 unspecified atom stereocenters. The second kappa shape index (κ2) is 9.53. The molecule has 1 N–H and O–H groups in total. The summed E-state index contributed by atoms with van der Waals surface area (Å²) in [5.74, 6) is 2.55. The summed E-state index contributed by atoms with van der Waals surface area (Å²) in [4.78, 5) is 34.7. The fourth-order valence-corrected chi connectivity index (χ4v) is 5.06. The largest absolute Gasteiger partial charge is 0.454 e. The molecule has 8 heteroatoms. The molecule has 1 aliphatic carbocycles. The van der Waals surface area contributed by atoms with E-state index in [2.05, 4.69) is 27.3 Å². The molecule has 2 amide bonds. The van der Waals surface area contributed by atoms with E-state index in [-0.39, 0.29) is 24.5 Å². The summed E-state index contributed by atoms with van der Waals surface area (Å²) in [6.07, 6.45) is 2.63. The van der Waals surface area contributed by atoms with Gasteiger partial charge < -0.3 is 24.6 Å². The quantitative estimate of drug-likeness (QED) is 0.579. The van der Waals surface area contributed by atoms with Gasteiger partial charge in [0.05, 0.1) is 5.56 Å². The average molecular weight is 485 g/mol. The standard InChI is InChI=1S/C28H28N4O4/c33-27(30-17-19-8-9-24-25(15-19)36-18-35-24)21-7-4-10-29-26(21)31-11-13-32(14-12-31)28(34)23-16-22(23)20-5-2-1-3-6-20/h1-10,15,22-23H,11-14,16-18H2,(H,30,33)/t22-,23+/m0/s1. The third kappa shape index (κ3) is 4.46. The van der Waals surface area contributed by atoms with Crippen LogP contribution in [0.25, 0.3) is 0 Å². The molecule has 184 valence electrons. The van der Waals surface area contributed by atoms with Crippen molar-refractivity contribution in [2.24, 2.45) is 5.92 Å². The van der Waals surface area contributed by atoms with Gasteiger partial charge in [-0.2, -0.15) is 0 Å². The molecule has 0 bridgehead atoms. The number of hydrogen-bond acceptors (Lipinski definition) is 6. The van der Waals surface area contributed by atoms with Crippen molar-refractivity contribution in [1.29, 1.82) is 0 Å². The van der Waals surface area contributed by atoms with E-state index < -0.39 is 0 Å². The highest BCUT2D eigenvalue weighted by Crippen LogP contribution is 2.48. The highest BCUT2D eigenvalue weighted by molar-refractivity contribution is 5.99. The van der Waals surface area contributed by atoms with Gasteiger partial charge in [-0.1, -0.05) is 36.4 Å². The van der Waals surface area contributed by atoms with E-state index >= 15 is 0 Å². The first-order valence-corrected chi connectivity index (χ1v) is 12.4. The summed E-state index contributed by atoms with van der Waals surface area (Å²) in [5, 5.41) is 2.99. The highest BCUT2D eigenvalue weighted by Gasteiger charge is 2.46. The molecule has 0 radical (unpaired) electrons. The summed E-state index contributed by atoms with van der Waals surface area (Å²) in [5.41, 5.74) is 2.71. The van der Waals surface area contributed by atoms with E-state index in [0.717, 1.165) is 17.7 Å². The lowest BCUT2D eigenvalue weighted by molar-refractivity contribution is -0.133. The number of amides is 2. The first kappa shape index (κ1) is 22.4. The minimum absolute atomic E-state index is 0.0892. The number of ether oxygens (including phenoxy) is 2. The zero-order valence-corrected chi connectivity index (χ0v) is 19.9. The minimum atomic E-state index is -0.182. The smallest absolute Gasteiger partial charge is 0.255 e. The number of piperazine rings is 1. The fourth-order valence-electron chi connectivity index (χ4n) is 5.06. The maximum absolute atomic E-state index is 13.1. The Morgan fingerprint density at radius 2 is 1.75 bits per heavy atom. The average Bonchev–Trinajstić information content (AvgIpc) is 3.61. The van der Waals surface area contributed by atoms with Crippen LogP contribution in [0.4, 0.5) is 5.82 Å². The van der Waals surface area contributed by atoms with E-state index in [0.29, 0.717) is 55.8 Å². The minimum Gasteiger partial charge on any atom is -0.454 e. The van der Waals surface area contributed by atoms with Gasteiger partial charge in [-0.05, 0) is 47.7 Å². The molecule has 8 nitrogen and oxygen atoms in total. The molecule has 2 aliphatic heterocycles. The Kier molecular flexibility index (Phi) is 5.93. The molecule has 3 aliphatic rings. The third-order valence-electron chi connectivity index (χ3n) is 7.15. The number of fused-ring (bicyclic) bond motifs is 1. The molecule has 2 aromatic carbocycles. The molecule has 36 heavy (non-hydrogen) atoms. The van der Waals surface area contributed by atoms with E-state index in [1.807, 2.05) is 41.3 Å². The fraction of sp³-hybridized carbons (Fsp3) is 0.321. The van der Waals surface area contributed by atoms with Crippen molar-refractivity contribution in [1.82, 2.24) is 15.2 Å². The molecular weight excluding hydrogens is 456 g/mol. The Labute approximate surface area is 209 Å². The lowest BCUT2D eigenvalue weighted by Crippen LogP contribution is -2.50. The van der Waals surface area contributed by atoms with E-state index in [4.69, 9.17) is 9.47 Å². The van der Waals surface area contributed by atoms with Crippen LogP contribution in [0.5, 0.6) is 11.5 Å². The van der Waals surface area contributed by atoms with Crippen molar-refractivity contribution in [2.45, 2.75) is 18.9 Å². The molecule has 1 saturated carbocycles. The number of benzene rings is 2. The van der Waals surface area contributed by atoms with Crippen molar-refractivity contribution < 1.29 is 19.1 Å². The predicted octanol–water partition coefficient (Wildman–Crippen LogP) is 3.19. The summed E-state index contributed by atoms with van der Waals surface area (Å²) < 4.78 is 10.8. The first-order valence-electron chi connectivity index (χ1n) is 12.4. The zero-order chi connectivity index (χ0) is 24.5. The van der Waals surface area contributed by atoms with Crippen LogP contribution in [-0.4, -0.2) is 54.7 Å². The number of hydrogen-bond donors (Lipinski definition) is 1.